The van der Waals surface area contributed by atoms with Crippen molar-refractivity contribution < 1.29 is 43.3 Å². The molecule has 11 heteroatoms. The number of para-hydroxylation sites is 1. The molecule has 3 aliphatic rings. The molecule has 3 aromatic rings. The molecule has 3 fully saturated rings. The first-order valence-corrected chi connectivity index (χ1v) is 14.3. The number of hydrogen-bond acceptors (Lipinski definition) is 9. The minimum Gasteiger partial charge on any atom is -0.554 e. The van der Waals surface area contributed by atoms with E-state index in [9.17, 15) is 9.59 Å². The molecule has 1 atom stereocenters. The lowest BCUT2D eigenvalue weighted by atomic mass is 9.83. The summed E-state index contributed by atoms with van der Waals surface area (Å²) in [6, 6.07) is 22.1. The summed E-state index contributed by atoms with van der Waals surface area (Å²) in [6.45, 7) is 4.98. The maximum atomic E-state index is 12.4. The van der Waals surface area contributed by atoms with Gasteiger partial charge in [0, 0.05) is 44.4 Å². The molecular formula is C31H38N2O8S. The molecule has 2 aromatic carbocycles. The number of carboxylic acid groups (broad SMARTS) is 2. The third-order valence-electron chi connectivity index (χ3n) is 7.06. The number of nitrogens with zero attached hydrogens (tertiary/aromatic N) is 1. The maximum absolute atomic E-state index is 12.4. The number of anilines is 1. The summed E-state index contributed by atoms with van der Waals surface area (Å²) in [5, 5.41) is 20.4. The molecule has 0 saturated carbocycles. The number of Topliss-reactive ketones (excluding diaryl/α,β-unsaturated/α-hetero) is 1. The molecule has 226 valence electrons. The van der Waals surface area contributed by atoms with Gasteiger partial charge < -0.3 is 34.3 Å². The van der Waals surface area contributed by atoms with Gasteiger partial charge in [-0.15, -0.1) is 11.3 Å². The van der Waals surface area contributed by atoms with Crippen molar-refractivity contribution in [1.82, 2.24) is 0 Å². The number of benzene rings is 2. The van der Waals surface area contributed by atoms with E-state index in [2.05, 4.69) is 29.6 Å². The van der Waals surface area contributed by atoms with E-state index in [0.717, 1.165) is 59.8 Å². The van der Waals surface area contributed by atoms with Crippen LogP contribution < -0.4 is 15.2 Å². The zero-order valence-corrected chi connectivity index (χ0v) is 24.7. The molecule has 0 aliphatic carbocycles. The van der Waals surface area contributed by atoms with Crippen molar-refractivity contribution >= 4 is 41.7 Å². The Kier molecular flexibility index (Phi) is 14.8. The van der Waals surface area contributed by atoms with Gasteiger partial charge in [0.05, 0.1) is 25.1 Å². The lowest BCUT2D eigenvalue weighted by molar-refractivity contribution is -0.938. The predicted octanol–water partition coefficient (Wildman–Crippen LogP) is 3.48. The molecule has 0 spiro atoms. The molecule has 2 bridgehead atoms. The molecule has 1 aromatic heterocycles. The van der Waals surface area contributed by atoms with Crippen molar-refractivity contribution in [1.29, 1.82) is 0 Å². The van der Waals surface area contributed by atoms with Crippen LogP contribution in [0.1, 0.15) is 35.0 Å². The number of ether oxygens (including phenoxy) is 2. The zero-order chi connectivity index (χ0) is 30.8. The molecule has 0 radical (unpaired) electrons. The normalized spacial score (nSPS) is 19.6. The maximum Gasteiger partial charge on any atom is 0.303 e. The van der Waals surface area contributed by atoms with Gasteiger partial charge in [0.25, 0.3) is 6.47 Å². The molecule has 42 heavy (non-hydrogen) atoms. The van der Waals surface area contributed by atoms with E-state index in [4.69, 9.17) is 29.3 Å². The lowest BCUT2D eigenvalue weighted by Crippen LogP contribution is -2.65. The van der Waals surface area contributed by atoms with E-state index in [-0.39, 0.29) is 24.3 Å². The van der Waals surface area contributed by atoms with E-state index >= 15 is 0 Å². The topological polar surface area (TPSA) is 142 Å². The van der Waals surface area contributed by atoms with Crippen LogP contribution in [-0.2, 0) is 25.7 Å². The fourth-order valence-electron chi connectivity index (χ4n) is 5.11. The second kappa shape index (κ2) is 18.3. The summed E-state index contributed by atoms with van der Waals surface area (Å²) < 4.78 is 11.4. The summed E-state index contributed by atoms with van der Waals surface area (Å²) in [5.74, 6) is 1.41. The number of ketones is 1. The highest BCUT2D eigenvalue weighted by atomic mass is 32.1. The first-order valence-electron chi connectivity index (χ1n) is 13.4. The van der Waals surface area contributed by atoms with Crippen molar-refractivity contribution in [2.75, 3.05) is 38.6 Å². The Morgan fingerprint density at radius 1 is 1.05 bits per heavy atom. The lowest BCUT2D eigenvalue weighted by Gasteiger charge is -2.51. The summed E-state index contributed by atoms with van der Waals surface area (Å²) >= 11 is 1.51. The van der Waals surface area contributed by atoms with E-state index < -0.39 is 6.47 Å². The highest BCUT2D eigenvalue weighted by Gasteiger charge is 2.48. The monoisotopic (exact) mass is 598 g/mol. The Hall–Kier alpha value is -4.22. The zero-order valence-electron chi connectivity index (χ0n) is 23.8. The van der Waals surface area contributed by atoms with Crippen LogP contribution in [0.25, 0.3) is 0 Å². The average Bonchev–Trinajstić information content (AvgIpc) is 3.54. The number of quaternary nitrogens is 1. The highest BCUT2D eigenvalue weighted by molar-refractivity contribution is 7.12. The summed E-state index contributed by atoms with van der Waals surface area (Å²) in [4.78, 5) is 41.0. The van der Waals surface area contributed by atoms with Gasteiger partial charge in [-0.3, -0.25) is 14.4 Å². The van der Waals surface area contributed by atoms with E-state index in [1.54, 1.807) is 7.11 Å². The first-order chi connectivity index (χ1) is 20.3. The number of thiophene rings is 1. The molecule has 0 amide bonds. The number of carbonyl (C=O) groups is 4. The minimum absolute atomic E-state index is 0.00568. The van der Waals surface area contributed by atoms with E-state index in [1.165, 1.54) is 23.8 Å². The molecule has 1 unspecified atom stereocenters. The highest BCUT2D eigenvalue weighted by Crippen LogP contribution is 2.36. The van der Waals surface area contributed by atoms with Crippen molar-refractivity contribution in [3.63, 3.8) is 0 Å². The van der Waals surface area contributed by atoms with Crippen molar-refractivity contribution in [2.45, 2.75) is 32.4 Å². The second-order valence-corrected chi connectivity index (χ2v) is 10.7. The number of fused-ring (bicyclic) bond motifs is 3. The van der Waals surface area contributed by atoms with Gasteiger partial charge in [-0.2, -0.15) is 0 Å². The Labute approximate surface area is 250 Å². The van der Waals surface area contributed by atoms with Gasteiger partial charge in [0.1, 0.15) is 18.8 Å². The number of hydrogen-bond donors (Lipinski definition) is 2. The quantitative estimate of drug-likeness (QED) is 0.172. The van der Waals surface area contributed by atoms with Gasteiger partial charge in [-0.05, 0) is 41.3 Å². The van der Waals surface area contributed by atoms with Crippen LogP contribution in [-0.4, -0.2) is 73.7 Å². The van der Waals surface area contributed by atoms with E-state index in [1.807, 2.05) is 47.8 Å². The Bertz CT molecular complexity index is 1210. The van der Waals surface area contributed by atoms with Crippen LogP contribution >= 0.6 is 11.3 Å². The molecule has 10 nitrogen and oxygen atoms in total. The Balaban J connectivity index is 0.000000252. The van der Waals surface area contributed by atoms with Crippen LogP contribution in [0, 0.1) is 5.92 Å². The Morgan fingerprint density at radius 3 is 2.19 bits per heavy atom. The SMILES string of the molecule is CC(=O)OC1C[N+]2(CC(=O)c3cccs3)CCC1CC2.COc1ccc(CNc2ccccc2)cc1.O=CO.O=C[O-]. The number of nitrogens with one attached hydrogen (secondary N) is 1. The van der Waals surface area contributed by atoms with E-state index in [0.29, 0.717) is 12.5 Å². The first kappa shape index (κ1) is 34.0. The molecule has 6 rings (SSSR count). The number of carbonyl (C=O) groups excluding carboxylic acids is 3. The summed E-state index contributed by atoms with van der Waals surface area (Å²) in [7, 11) is 1.68. The van der Waals surface area contributed by atoms with Crippen LogP contribution in [0.15, 0.2) is 72.1 Å². The fourth-order valence-corrected chi connectivity index (χ4v) is 5.77. The fraction of sp³-hybridized carbons (Fsp3) is 0.355. The third kappa shape index (κ3) is 11.3. The molecule has 3 aliphatic heterocycles. The number of piperidine rings is 3. The summed E-state index contributed by atoms with van der Waals surface area (Å²) in [5.41, 5.74) is 2.38. The van der Waals surface area contributed by atoms with Crippen LogP contribution in [0.2, 0.25) is 0 Å². The number of esters is 1. The summed E-state index contributed by atoms with van der Waals surface area (Å²) in [6.07, 6.45) is 2.14. The van der Waals surface area contributed by atoms with Gasteiger partial charge in [-0.25, -0.2) is 0 Å². The molecule has 3 saturated heterocycles. The second-order valence-electron chi connectivity index (χ2n) is 9.78. The number of methoxy groups -OCH3 is 1. The average molecular weight is 599 g/mol. The Morgan fingerprint density at radius 2 is 1.67 bits per heavy atom. The van der Waals surface area contributed by atoms with Crippen molar-refractivity contribution in [3.05, 3.63) is 82.6 Å². The van der Waals surface area contributed by atoms with Crippen LogP contribution in [0.5, 0.6) is 5.75 Å². The third-order valence-corrected chi connectivity index (χ3v) is 7.97. The van der Waals surface area contributed by atoms with Crippen LogP contribution in [0.4, 0.5) is 5.69 Å². The van der Waals surface area contributed by atoms with Gasteiger partial charge >= 0.3 is 5.97 Å². The standard InChI is InChI=1S/C15H20NO3S.C14H15NO.2CH2O2/c1-11(17)19-14-10-16(6-4-12(14)5-7-16)9-13(18)15-3-2-8-20-15;1-16-14-9-7-12(8-10-14)11-15-13-5-3-2-4-6-13;2*2-1-3/h2-3,8,12,14H,4-7,9-10H2,1H3;2-10,15H,11H2,1H3;2*1H,(H,2,3)/q+1;;;/p-1. The molecule has 2 N–H and O–H groups in total. The number of rotatable bonds is 8. The predicted molar refractivity (Wildman–Crippen MR) is 158 cm³/mol. The van der Waals surface area contributed by atoms with Gasteiger partial charge in [-0.1, -0.05) is 36.4 Å². The van der Waals surface area contributed by atoms with Gasteiger partial charge in [0.2, 0.25) is 5.78 Å². The molecular weight excluding hydrogens is 560 g/mol. The van der Waals surface area contributed by atoms with Crippen molar-refractivity contribution in [3.8, 4) is 5.75 Å². The minimum atomic E-state index is -0.500. The van der Waals surface area contributed by atoms with Crippen molar-refractivity contribution in [2.24, 2.45) is 5.92 Å². The largest absolute Gasteiger partial charge is 0.554 e. The smallest absolute Gasteiger partial charge is 0.303 e. The van der Waals surface area contributed by atoms with Gasteiger partial charge in [0.15, 0.2) is 6.10 Å². The molecule has 4 heterocycles. The van der Waals surface area contributed by atoms with Crippen LogP contribution in [0.3, 0.4) is 0 Å².